The first-order chi connectivity index (χ1) is 7.26. The molecule has 3 N–H and O–H groups in total. The summed E-state index contributed by atoms with van der Waals surface area (Å²) < 4.78 is 0. The van der Waals surface area contributed by atoms with Crippen molar-refractivity contribution in [2.24, 2.45) is 0 Å². The van der Waals surface area contributed by atoms with Gasteiger partial charge in [0.15, 0.2) is 0 Å². The molecule has 0 aromatic carbocycles. The first-order valence-corrected chi connectivity index (χ1v) is 5.44. The zero-order valence-electron chi connectivity index (χ0n) is 9.53. The lowest BCUT2D eigenvalue weighted by Gasteiger charge is -2.18. The molecule has 84 valence electrons. The van der Waals surface area contributed by atoms with Crippen molar-refractivity contribution >= 4 is 11.5 Å². The summed E-state index contributed by atoms with van der Waals surface area (Å²) in [7, 11) is 0. The molecule has 4 nitrogen and oxygen atoms in total. The van der Waals surface area contributed by atoms with E-state index in [0.29, 0.717) is 0 Å². The van der Waals surface area contributed by atoms with Crippen LogP contribution in [0.3, 0.4) is 0 Å². The lowest BCUT2D eigenvalue weighted by molar-refractivity contribution is 0.316. The molecule has 0 saturated carbocycles. The summed E-state index contributed by atoms with van der Waals surface area (Å²) in [6.45, 7) is 8.44. The maximum Gasteiger partial charge on any atom is 0.127 e. The molecule has 0 aliphatic rings. The highest BCUT2D eigenvalue weighted by Crippen LogP contribution is 2.06. The zero-order chi connectivity index (χ0) is 11.1. The molecule has 1 aromatic rings. The van der Waals surface area contributed by atoms with Crippen molar-refractivity contribution in [2.45, 2.75) is 13.8 Å². The fraction of sp³-hybridized carbons (Fsp3) is 0.545. The molecule has 0 spiro atoms. The van der Waals surface area contributed by atoms with Crippen LogP contribution in [0, 0.1) is 0 Å². The summed E-state index contributed by atoms with van der Waals surface area (Å²) in [4.78, 5) is 6.54. The van der Waals surface area contributed by atoms with Gasteiger partial charge in [-0.3, -0.25) is 0 Å². The van der Waals surface area contributed by atoms with E-state index in [2.05, 4.69) is 29.0 Å². The van der Waals surface area contributed by atoms with Crippen molar-refractivity contribution < 1.29 is 0 Å². The minimum absolute atomic E-state index is 0.746. The fourth-order valence-corrected chi connectivity index (χ4v) is 1.43. The molecule has 4 heteroatoms. The molecule has 0 bridgehead atoms. The zero-order valence-corrected chi connectivity index (χ0v) is 9.53. The Morgan fingerprint density at radius 3 is 2.73 bits per heavy atom. The van der Waals surface area contributed by atoms with Crippen LogP contribution in [0.4, 0.5) is 11.5 Å². The highest BCUT2D eigenvalue weighted by Gasteiger charge is 1.98. The van der Waals surface area contributed by atoms with Crippen molar-refractivity contribution in [3.63, 3.8) is 0 Å². The lowest BCUT2D eigenvalue weighted by atomic mass is 10.4. The molecule has 1 aromatic heterocycles. The number of nitrogen functional groups attached to an aromatic ring is 1. The summed E-state index contributed by atoms with van der Waals surface area (Å²) in [5, 5.41) is 3.25. The van der Waals surface area contributed by atoms with E-state index in [9.17, 15) is 0 Å². The monoisotopic (exact) mass is 208 g/mol. The average Bonchev–Trinajstić information content (AvgIpc) is 2.25. The van der Waals surface area contributed by atoms with Crippen LogP contribution in [0.15, 0.2) is 18.3 Å². The van der Waals surface area contributed by atoms with Gasteiger partial charge < -0.3 is 16.0 Å². The maximum atomic E-state index is 5.65. The summed E-state index contributed by atoms with van der Waals surface area (Å²) >= 11 is 0. The Kier molecular flexibility index (Phi) is 4.90. The SMILES string of the molecule is CCN(CC)CCNc1cc(N)ccn1. The first-order valence-electron chi connectivity index (χ1n) is 5.44. The van der Waals surface area contributed by atoms with Gasteiger partial charge in [-0.15, -0.1) is 0 Å². The topological polar surface area (TPSA) is 54.2 Å². The third-order valence-electron chi connectivity index (χ3n) is 2.41. The van der Waals surface area contributed by atoms with Crippen molar-refractivity contribution in [3.8, 4) is 0 Å². The van der Waals surface area contributed by atoms with Gasteiger partial charge in [-0.1, -0.05) is 13.8 Å². The second-order valence-electron chi connectivity index (χ2n) is 3.43. The van der Waals surface area contributed by atoms with Crippen molar-refractivity contribution in [3.05, 3.63) is 18.3 Å². The van der Waals surface area contributed by atoms with Gasteiger partial charge in [-0.25, -0.2) is 4.98 Å². The molecular weight excluding hydrogens is 188 g/mol. The van der Waals surface area contributed by atoms with Crippen LogP contribution < -0.4 is 11.1 Å². The Labute approximate surface area is 91.5 Å². The van der Waals surface area contributed by atoms with E-state index in [1.165, 1.54) is 0 Å². The third kappa shape index (κ3) is 4.16. The molecule has 0 aliphatic heterocycles. The number of pyridine rings is 1. The van der Waals surface area contributed by atoms with E-state index in [4.69, 9.17) is 5.73 Å². The molecule has 0 amide bonds. The summed E-state index contributed by atoms with van der Waals surface area (Å²) in [5.74, 6) is 0.849. The molecule has 0 saturated heterocycles. The Bertz CT molecular complexity index is 284. The fourth-order valence-electron chi connectivity index (χ4n) is 1.43. The van der Waals surface area contributed by atoms with E-state index < -0.39 is 0 Å². The Morgan fingerprint density at radius 1 is 1.40 bits per heavy atom. The van der Waals surface area contributed by atoms with Crippen LogP contribution in [-0.2, 0) is 0 Å². The van der Waals surface area contributed by atoms with Crippen LogP contribution in [0.5, 0.6) is 0 Å². The summed E-state index contributed by atoms with van der Waals surface area (Å²) in [6.07, 6.45) is 1.72. The Morgan fingerprint density at radius 2 is 2.13 bits per heavy atom. The van der Waals surface area contributed by atoms with Gasteiger partial charge in [0.05, 0.1) is 0 Å². The van der Waals surface area contributed by atoms with Crippen molar-refractivity contribution in [2.75, 3.05) is 37.2 Å². The maximum absolute atomic E-state index is 5.65. The van der Waals surface area contributed by atoms with E-state index in [1.807, 2.05) is 6.07 Å². The second-order valence-corrected chi connectivity index (χ2v) is 3.43. The van der Waals surface area contributed by atoms with Crippen molar-refractivity contribution in [1.82, 2.24) is 9.88 Å². The van der Waals surface area contributed by atoms with Crippen LogP contribution in [0.1, 0.15) is 13.8 Å². The second kappa shape index (κ2) is 6.24. The van der Waals surface area contributed by atoms with Gasteiger partial charge >= 0.3 is 0 Å². The molecule has 0 aliphatic carbocycles. The van der Waals surface area contributed by atoms with Crippen LogP contribution in [0.25, 0.3) is 0 Å². The number of nitrogens with two attached hydrogens (primary N) is 1. The van der Waals surface area contributed by atoms with E-state index in [1.54, 1.807) is 12.3 Å². The molecular formula is C11H20N4. The molecule has 0 unspecified atom stereocenters. The molecule has 0 atom stereocenters. The average molecular weight is 208 g/mol. The highest BCUT2D eigenvalue weighted by molar-refractivity contribution is 5.48. The van der Waals surface area contributed by atoms with Gasteiger partial charge in [0.25, 0.3) is 0 Å². The van der Waals surface area contributed by atoms with Crippen LogP contribution in [0.2, 0.25) is 0 Å². The lowest BCUT2D eigenvalue weighted by Crippen LogP contribution is -2.28. The van der Waals surface area contributed by atoms with Gasteiger partial charge in [-0.2, -0.15) is 0 Å². The molecule has 0 fully saturated rings. The van der Waals surface area contributed by atoms with Crippen LogP contribution >= 0.6 is 0 Å². The Balaban J connectivity index is 2.31. The number of likely N-dealkylation sites (N-methyl/N-ethyl adjacent to an activating group) is 1. The highest BCUT2D eigenvalue weighted by atomic mass is 15.1. The number of hydrogen-bond donors (Lipinski definition) is 2. The third-order valence-corrected chi connectivity index (χ3v) is 2.41. The number of aromatic nitrogens is 1. The minimum atomic E-state index is 0.746. The summed E-state index contributed by atoms with van der Waals surface area (Å²) in [5.41, 5.74) is 6.40. The van der Waals surface area contributed by atoms with E-state index >= 15 is 0 Å². The minimum Gasteiger partial charge on any atom is -0.399 e. The number of anilines is 2. The van der Waals surface area contributed by atoms with Gasteiger partial charge in [0.2, 0.25) is 0 Å². The molecule has 15 heavy (non-hydrogen) atoms. The smallest absolute Gasteiger partial charge is 0.127 e. The number of hydrogen-bond acceptors (Lipinski definition) is 4. The van der Waals surface area contributed by atoms with Crippen LogP contribution in [-0.4, -0.2) is 36.1 Å². The standard InChI is InChI=1S/C11H20N4/c1-3-15(4-2)8-7-14-11-9-10(12)5-6-13-11/h5-6,9H,3-4,7-8H2,1-2H3,(H3,12,13,14). The number of nitrogens with one attached hydrogen (secondary N) is 1. The largest absolute Gasteiger partial charge is 0.399 e. The molecule has 1 heterocycles. The molecule has 1 rings (SSSR count). The molecule has 0 radical (unpaired) electrons. The van der Waals surface area contributed by atoms with Gasteiger partial charge in [0.1, 0.15) is 5.82 Å². The van der Waals surface area contributed by atoms with Gasteiger partial charge in [-0.05, 0) is 19.2 Å². The normalized spacial score (nSPS) is 10.6. The van der Waals surface area contributed by atoms with Gasteiger partial charge in [0, 0.05) is 31.0 Å². The number of rotatable bonds is 6. The van der Waals surface area contributed by atoms with E-state index in [-0.39, 0.29) is 0 Å². The predicted molar refractivity (Wildman–Crippen MR) is 64.9 cm³/mol. The van der Waals surface area contributed by atoms with Crippen molar-refractivity contribution in [1.29, 1.82) is 0 Å². The number of nitrogens with zero attached hydrogens (tertiary/aromatic N) is 2. The first kappa shape index (κ1) is 11.8. The Hall–Kier alpha value is -1.29. The quantitative estimate of drug-likeness (QED) is 0.742. The van der Waals surface area contributed by atoms with E-state index in [0.717, 1.165) is 37.7 Å². The summed E-state index contributed by atoms with van der Waals surface area (Å²) in [6, 6.07) is 3.64. The predicted octanol–water partition coefficient (Wildman–Crippen LogP) is 1.42.